The third-order valence-corrected chi connectivity index (χ3v) is 4.76. The van der Waals surface area contributed by atoms with Gasteiger partial charge in [-0.2, -0.15) is 0 Å². The van der Waals surface area contributed by atoms with Crippen molar-refractivity contribution in [1.82, 2.24) is 0 Å². The number of halogens is 2. The summed E-state index contributed by atoms with van der Waals surface area (Å²) in [6, 6.07) is 15.2. The highest BCUT2D eigenvalue weighted by Gasteiger charge is 2.15. The van der Waals surface area contributed by atoms with Gasteiger partial charge in [-0.05, 0) is 35.0 Å². The molecule has 0 unspecified atom stereocenters. The lowest BCUT2D eigenvalue weighted by Gasteiger charge is -2.08. The van der Waals surface area contributed by atoms with Crippen molar-refractivity contribution in [3.05, 3.63) is 77.3 Å². The minimum absolute atomic E-state index is 0.0361. The Balaban J connectivity index is 1.42. The number of benzene rings is 3. The van der Waals surface area contributed by atoms with Crippen LogP contribution in [-0.4, -0.2) is 18.5 Å². The average molecular weight is 412 g/mol. The molecule has 4 aromatic rings. The molecule has 1 aromatic heterocycles. The van der Waals surface area contributed by atoms with Crippen LogP contribution in [-0.2, 0) is 20.7 Å². The van der Waals surface area contributed by atoms with Crippen molar-refractivity contribution in [1.29, 1.82) is 0 Å². The Morgan fingerprint density at radius 1 is 1.10 bits per heavy atom. The molecular formula is C22H15ClFNO4. The maximum absolute atomic E-state index is 13.1. The molecule has 0 fully saturated rings. The van der Waals surface area contributed by atoms with Crippen LogP contribution in [0.3, 0.4) is 0 Å². The second-order valence-corrected chi connectivity index (χ2v) is 6.84. The summed E-state index contributed by atoms with van der Waals surface area (Å²) in [5, 5.41) is 5.39. The van der Waals surface area contributed by atoms with Crippen molar-refractivity contribution >= 4 is 50.9 Å². The number of hydrogen-bond donors (Lipinski definition) is 1. The molecule has 7 heteroatoms. The number of carbonyl (C=O) groups is 2. The van der Waals surface area contributed by atoms with Crippen molar-refractivity contribution in [3.63, 3.8) is 0 Å². The van der Waals surface area contributed by atoms with E-state index in [1.807, 2.05) is 36.4 Å². The zero-order chi connectivity index (χ0) is 20.4. The summed E-state index contributed by atoms with van der Waals surface area (Å²) in [6.07, 6.45) is 1.49. The van der Waals surface area contributed by atoms with Crippen LogP contribution in [0.25, 0.3) is 21.7 Å². The highest BCUT2D eigenvalue weighted by Crippen LogP contribution is 2.30. The predicted molar refractivity (Wildman–Crippen MR) is 108 cm³/mol. The number of nitrogens with one attached hydrogen (secondary N) is 1. The van der Waals surface area contributed by atoms with Crippen molar-refractivity contribution in [2.75, 3.05) is 11.9 Å². The van der Waals surface area contributed by atoms with E-state index in [2.05, 4.69) is 5.32 Å². The fraction of sp³-hybridized carbons (Fsp3) is 0.0909. The first-order valence-electron chi connectivity index (χ1n) is 8.79. The second-order valence-electron chi connectivity index (χ2n) is 6.43. The molecule has 0 aliphatic rings. The maximum Gasteiger partial charge on any atom is 0.310 e. The van der Waals surface area contributed by atoms with Crippen LogP contribution in [0.1, 0.15) is 5.56 Å². The van der Waals surface area contributed by atoms with Gasteiger partial charge >= 0.3 is 5.97 Å². The number of carbonyl (C=O) groups excluding carboxylic acids is 2. The number of fused-ring (bicyclic) bond motifs is 3. The Morgan fingerprint density at radius 2 is 1.93 bits per heavy atom. The first kappa shape index (κ1) is 19.0. The summed E-state index contributed by atoms with van der Waals surface area (Å²) in [5.41, 5.74) is 1.60. The van der Waals surface area contributed by atoms with Crippen LogP contribution >= 0.6 is 11.6 Å². The lowest BCUT2D eigenvalue weighted by Crippen LogP contribution is -2.21. The van der Waals surface area contributed by atoms with Crippen molar-refractivity contribution < 1.29 is 23.1 Å². The highest BCUT2D eigenvalue weighted by molar-refractivity contribution is 6.33. The van der Waals surface area contributed by atoms with Gasteiger partial charge in [-0.3, -0.25) is 9.59 Å². The molecule has 29 heavy (non-hydrogen) atoms. The number of rotatable bonds is 5. The van der Waals surface area contributed by atoms with E-state index in [0.29, 0.717) is 11.1 Å². The van der Waals surface area contributed by atoms with Gasteiger partial charge < -0.3 is 14.5 Å². The van der Waals surface area contributed by atoms with E-state index in [1.54, 1.807) is 0 Å². The molecule has 0 saturated heterocycles. The Bertz CT molecular complexity index is 1230. The second kappa shape index (κ2) is 7.93. The van der Waals surface area contributed by atoms with E-state index < -0.39 is 24.3 Å². The monoisotopic (exact) mass is 411 g/mol. The Hall–Kier alpha value is -3.38. The third kappa shape index (κ3) is 4.07. The van der Waals surface area contributed by atoms with E-state index in [-0.39, 0.29) is 17.1 Å². The van der Waals surface area contributed by atoms with Gasteiger partial charge in [0.2, 0.25) is 0 Å². The van der Waals surface area contributed by atoms with Gasteiger partial charge in [-0.15, -0.1) is 0 Å². The Labute approximate surface area is 170 Å². The molecule has 4 rings (SSSR count). The first-order chi connectivity index (χ1) is 14.0. The largest absolute Gasteiger partial charge is 0.464 e. The summed E-state index contributed by atoms with van der Waals surface area (Å²) >= 11 is 5.86. The minimum atomic E-state index is -0.575. The van der Waals surface area contributed by atoms with Gasteiger partial charge in [0, 0.05) is 10.9 Å². The van der Waals surface area contributed by atoms with Crippen LogP contribution in [0.4, 0.5) is 10.1 Å². The standard InChI is InChI=1S/C22H15ClFNO4/c23-17-10-15(24)6-7-18(17)25-20(26)12-29-21(27)9-14-11-28-19-8-5-13-3-1-2-4-16(13)22(14)19/h1-8,10-11H,9,12H2,(H,25,26). The molecule has 5 nitrogen and oxygen atoms in total. The third-order valence-electron chi connectivity index (χ3n) is 4.44. The number of ether oxygens (including phenoxy) is 1. The smallest absolute Gasteiger partial charge is 0.310 e. The molecule has 1 N–H and O–H groups in total. The molecule has 0 spiro atoms. The normalized spacial score (nSPS) is 11.0. The average Bonchev–Trinajstić information content (AvgIpc) is 3.12. The SMILES string of the molecule is O=C(COC(=O)Cc1coc2ccc3ccccc3c12)Nc1ccc(F)cc1Cl. The van der Waals surface area contributed by atoms with Crippen molar-refractivity contribution in [2.45, 2.75) is 6.42 Å². The molecule has 1 amide bonds. The van der Waals surface area contributed by atoms with Crippen LogP contribution in [0.15, 0.2) is 65.3 Å². The topological polar surface area (TPSA) is 68.5 Å². The summed E-state index contributed by atoms with van der Waals surface area (Å²) in [4.78, 5) is 24.2. The number of esters is 1. The molecular weight excluding hydrogens is 397 g/mol. The van der Waals surface area contributed by atoms with E-state index in [0.717, 1.165) is 22.2 Å². The molecule has 0 aliphatic heterocycles. The highest BCUT2D eigenvalue weighted by atomic mass is 35.5. The molecule has 0 bridgehead atoms. The fourth-order valence-corrected chi connectivity index (χ4v) is 3.35. The van der Waals surface area contributed by atoms with E-state index >= 15 is 0 Å². The molecule has 3 aromatic carbocycles. The van der Waals surface area contributed by atoms with Crippen LogP contribution in [0.2, 0.25) is 5.02 Å². The zero-order valence-electron chi connectivity index (χ0n) is 15.1. The van der Waals surface area contributed by atoms with Gasteiger partial charge in [0.05, 0.1) is 23.4 Å². The lowest BCUT2D eigenvalue weighted by atomic mass is 10.0. The van der Waals surface area contributed by atoms with Crippen LogP contribution in [0, 0.1) is 5.82 Å². The number of hydrogen-bond acceptors (Lipinski definition) is 4. The summed E-state index contributed by atoms with van der Waals surface area (Å²) < 4.78 is 23.7. The Kier molecular flexibility index (Phi) is 5.18. The van der Waals surface area contributed by atoms with Gasteiger partial charge in [0.25, 0.3) is 5.91 Å². The minimum Gasteiger partial charge on any atom is -0.464 e. The first-order valence-corrected chi connectivity index (χ1v) is 9.17. The predicted octanol–water partition coefficient (Wildman–Crippen LogP) is 5.10. The molecule has 0 atom stereocenters. The molecule has 0 aliphatic carbocycles. The van der Waals surface area contributed by atoms with Gasteiger partial charge in [0.1, 0.15) is 11.4 Å². The van der Waals surface area contributed by atoms with E-state index in [1.165, 1.54) is 18.4 Å². The van der Waals surface area contributed by atoms with Gasteiger partial charge in [-0.25, -0.2) is 4.39 Å². The molecule has 0 saturated carbocycles. The summed E-state index contributed by atoms with van der Waals surface area (Å²) in [5.74, 6) is -1.66. The number of furan rings is 1. The number of amides is 1. The van der Waals surface area contributed by atoms with E-state index in [9.17, 15) is 14.0 Å². The number of anilines is 1. The summed E-state index contributed by atoms with van der Waals surface area (Å²) in [7, 11) is 0. The fourth-order valence-electron chi connectivity index (χ4n) is 3.13. The molecule has 146 valence electrons. The lowest BCUT2D eigenvalue weighted by molar-refractivity contribution is -0.146. The van der Waals surface area contributed by atoms with Gasteiger partial charge in [0.15, 0.2) is 6.61 Å². The maximum atomic E-state index is 13.1. The van der Waals surface area contributed by atoms with Crippen LogP contribution in [0.5, 0.6) is 0 Å². The Morgan fingerprint density at radius 3 is 2.76 bits per heavy atom. The molecule has 0 radical (unpaired) electrons. The quantitative estimate of drug-likeness (QED) is 0.464. The van der Waals surface area contributed by atoms with Crippen molar-refractivity contribution in [3.8, 4) is 0 Å². The zero-order valence-corrected chi connectivity index (χ0v) is 15.8. The molecule has 1 heterocycles. The summed E-state index contributed by atoms with van der Waals surface area (Å²) in [6.45, 7) is -0.483. The van der Waals surface area contributed by atoms with E-state index in [4.69, 9.17) is 20.8 Å². The van der Waals surface area contributed by atoms with Gasteiger partial charge in [-0.1, -0.05) is 41.9 Å². The van der Waals surface area contributed by atoms with Crippen molar-refractivity contribution in [2.24, 2.45) is 0 Å². The van der Waals surface area contributed by atoms with Crippen LogP contribution < -0.4 is 5.32 Å².